The standard InChI is InChI=1S/C19H22BrNO2/c1-4-10-23-19-17(20)11-15(12-18(19)22-3)13-21-16-8-6-14(5-2)7-9-16/h4,6-9,11-12,21H,1,5,10,13H2,2-3H3. The van der Waals surface area contributed by atoms with Crippen molar-refractivity contribution >= 4 is 21.6 Å². The third-order valence-corrected chi connectivity index (χ3v) is 4.08. The van der Waals surface area contributed by atoms with Gasteiger partial charge in [-0.25, -0.2) is 0 Å². The van der Waals surface area contributed by atoms with E-state index in [1.165, 1.54) is 5.56 Å². The van der Waals surface area contributed by atoms with Crippen molar-refractivity contribution in [3.63, 3.8) is 0 Å². The van der Waals surface area contributed by atoms with Crippen LogP contribution in [0.15, 0.2) is 53.5 Å². The molecule has 23 heavy (non-hydrogen) atoms. The Bertz CT molecular complexity index is 653. The molecule has 0 aromatic heterocycles. The number of hydrogen-bond acceptors (Lipinski definition) is 3. The van der Waals surface area contributed by atoms with E-state index in [-0.39, 0.29) is 0 Å². The van der Waals surface area contributed by atoms with Crippen LogP contribution in [0.5, 0.6) is 11.5 Å². The Balaban J connectivity index is 2.10. The lowest BCUT2D eigenvalue weighted by molar-refractivity contribution is 0.324. The van der Waals surface area contributed by atoms with Crippen molar-refractivity contribution in [3.8, 4) is 11.5 Å². The van der Waals surface area contributed by atoms with Gasteiger partial charge in [-0.15, -0.1) is 0 Å². The van der Waals surface area contributed by atoms with Crippen LogP contribution in [0.4, 0.5) is 5.69 Å². The minimum atomic E-state index is 0.441. The molecule has 122 valence electrons. The fourth-order valence-corrected chi connectivity index (χ4v) is 2.82. The quantitative estimate of drug-likeness (QED) is 0.643. The monoisotopic (exact) mass is 375 g/mol. The number of rotatable bonds is 8. The lowest BCUT2D eigenvalue weighted by Crippen LogP contribution is -2.02. The molecule has 0 radical (unpaired) electrons. The predicted molar refractivity (Wildman–Crippen MR) is 99.5 cm³/mol. The van der Waals surface area contributed by atoms with E-state index in [1.54, 1.807) is 13.2 Å². The van der Waals surface area contributed by atoms with Crippen molar-refractivity contribution in [2.24, 2.45) is 0 Å². The molecule has 0 saturated heterocycles. The molecule has 0 atom stereocenters. The van der Waals surface area contributed by atoms with Crippen molar-refractivity contribution in [2.45, 2.75) is 19.9 Å². The number of aryl methyl sites for hydroxylation is 1. The van der Waals surface area contributed by atoms with Gasteiger partial charge in [0.05, 0.1) is 11.6 Å². The van der Waals surface area contributed by atoms with Crippen molar-refractivity contribution in [3.05, 3.63) is 64.7 Å². The number of hydrogen-bond donors (Lipinski definition) is 1. The van der Waals surface area contributed by atoms with E-state index in [2.05, 4.69) is 59.0 Å². The van der Waals surface area contributed by atoms with E-state index in [1.807, 2.05) is 12.1 Å². The first kappa shape index (κ1) is 17.4. The second-order valence-corrected chi connectivity index (χ2v) is 5.97. The van der Waals surface area contributed by atoms with Crippen LogP contribution < -0.4 is 14.8 Å². The molecular formula is C19H22BrNO2. The zero-order valence-electron chi connectivity index (χ0n) is 13.6. The third-order valence-electron chi connectivity index (χ3n) is 3.49. The smallest absolute Gasteiger partial charge is 0.175 e. The second kappa shape index (κ2) is 8.63. The number of methoxy groups -OCH3 is 1. The van der Waals surface area contributed by atoms with Crippen LogP contribution in [0.25, 0.3) is 0 Å². The van der Waals surface area contributed by atoms with Crippen LogP contribution >= 0.6 is 15.9 Å². The Hall–Kier alpha value is -1.94. The van der Waals surface area contributed by atoms with E-state index in [9.17, 15) is 0 Å². The second-order valence-electron chi connectivity index (χ2n) is 5.11. The molecule has 0 aliphatic rings. The normalized spacial score (nSPS) is 10.2. The maximum atomic E-state index is 5.64. The number of benzene rings is 2. The highest BCUT2D eigenvalue weighted by Crippen LogP contribution is 2.36. The first-order valence-electron chi connectivity index (χ1n) is 7.60. The molecule has 2 aromatic carbocycles. The highest BCUT2D eigenvalue weighted by Gasteiger charge is 2.11. The number of halogens is 1. The van der Waals surface area contributed by atoms with Gasteiger partial charge in [-0.2, -0.15) is 0 Å². The van der Waals surface area contributed by atoms with Crippen molar-refractivity contribution < 1.29 is 9.47 Å². The zero-order chi connectivity index (χ0) is 16.7. The summed E-state index contributed by atoms with van der Waals surface area (Å²) in [7, 11) is 1.64. The molecule has 2 rings (SSSR count). The molecule has 0 bridgehead atoms. The Morgan fingerprint density at radius 2 is 1.91 bits per heavy atom. The van der Waals surface area contributed by atoms with E-state index < -0.39 is 0 Å². The summed E-state index contributed by atoms with van der Waals surface area (Å²) >= 11 is 3.55. The van der Waals surface area contributed by atoms with Crippen LogP contribution in [-0.4, -0.2) is 13.7 Å². The summed E-state index contributed by atoms with van der Waals surface area (Å²) in [5.74, 6) is 1.41. The minimum absolute atomic E-state index is 0.441. The number of nitrogens with one attached hydrogen (secondary N) is 1. The van der Waals surface area contributed by atoms with Gasteiger partial charge in [0.25, 0.3) is 0 Å². The van der Waals surface area contributed by atoms with Crippen LogP contribution in [-0.2, 0) is 13.0 Å². The molecule has 0 spiro atoms. The first-order valence-corrected chi connectivity index (χ1v) is 8.40. The average molecular weight is 376 g/mol. The summed E-state index contributed by atoms with van der Waals surface area (Å²) in [6.07, 6.45) is 2.76. The average Bonchev–Trinajstić information content (AvgIpc) is 2.59. The van der Waals surface area contributed by atoms with Gasteiger partial charge in [-0.1, -0.05) is 31.7 Å². The maximum Gasteiger partial charge on any atom is 0.175 e. The molecule has 3 nitrogen and oxygen atoms in total. The first-order chi connectivity index (χ1) is 11.2. The molecule has 2 aromatic rings. The molecule has 0 aliphatic carbocycles. The largest absolute Gasteiger partial charge is 0.493 e. The van der Waals surface area contributed by atoms with Gasteiger partial charge in [0, 0.05) is 12.2 Å². The summed E-state index contributed by atoms with van der Waals surface area (Å²) in [6, 6.07) is 12.5. The summed E-state index contributed by atoms with van der Waals surface area (Å²) < 4.78 is 11.9. The molecule has 0 amide bonds. The lowest BCUT2D eigenvalue weighted by Gasteiger charge is -2.14. The Labute approximate surface area is 146 Å². The molecule has 1 N–H and O–H groups in total. The van der Waals surface area contributed by atoms with Crippen LogP contribution in [0.2, 0.25) is 0 Å². The van der Waals surface area contributed by atoms with E-state index in [0.29, 0.717) is 24.7 Å². The SMILES string of the molecule is C=CCOc1c(Br)cc(CNc2ccc(CC)cc2)cc1OC. The van der Waals surface area contributed by atoms with E-state index in [0.717, 1.165) is 22.1 Å². The van der Waals surface area contributed by atoms with Gasteiger partial charge in [-0.05, 0) is 57.7 Å². The summed E-state index contributed by atoms with van der Waals surface area (Å²) in [6.45, 7) is 6.97. The maximum absolute atomic E-state index is 5.64. The van der Waals surface area contributed by atoms with Gasteiger partial charge >= 0.3 is 0 Å². The zero-order valence-corrected chi connectivity index (χ0v) is 15.2. The van der Waals surface area contributed by atoms with E-state index in [4.69, 9.17) is 9.47 Å². The molecular weight excluding hydrogens is 354 g/mol. The number of anilines is 1. The van der Waals surface area contributed by atoms with Gasteiger partial charge < -0.3 is 14.8 Å². The highest BCUT2D eigenvalue weighted by atomic mass is 79.9. The van der Waals surface area contributed by atoms with Crippen LogP contribution in [0, 0.1) is 0 Å². The van der Waals surface area contributed by atoms with Crippen molar-refractivity contribution in [1.82, 2.24) is 0 Å². The van der Waals surface area contributed by atoms with Gasteiger partial charge in [-0.3, -0.25) is 0 Å². The molecule has 0 aliphatic heterocycles. The summed E-state index contributed by atoms with van der Waals surface area (Å²) in [4.78, 5) is 0. The highest BCUT2D eigenvalue weighted by molar-refractivity contribution is 9.10. The molecule has 0 heterocycles. The lowest BCUT2D eigenvalue weighted by atomic mass is 10.1. The molecule has 0 fully saturated rings. The molecule has 0 unspecified atom stereocenters. The number of ether oxygens (including phenoxy) is 2. The fraction of sp³-hybridized carbons (Fsp3) is 0.263. The molecule has 0 saturated carbocycles. The van der Waals surface area contributed by atoms with Crippen molar-refractivity contribution in [2.75, 3.05) is 19.0 Å². The molecule has 4 heteroatoms. The third kappa shape index (κ3) is 4.76. The summed E-state index contributed by atoms with van der Waals surface area (Å²) in [5, 5.41) is 3.42. The predicted octanol–water partition coefficient (Wildman–Crippen LogP) is 5.20. The van der Waals surface area contributed by atoms with Crippen LogP contribution in [0.1, 0.15) is 18.1 Å². The van der Waals surface area contributed by atoms with Gasteiger partial charge in [0.2, 0.25) is 0 Å². The fourth-order valence-electron chi connectivity index (χ4n) is 2.22. The van der Waals surface area contributed by atoms with Gasteiger partial charge in [0.1, 0.15) is 6.61 Å². The minimum Gasteiger partial charge on any atom is -0.493 e. The van der Waals surface area contributed by atoms with Crippen LogP contribution in [0.3, 0.4) is 0 Å². The Kier molecular flexibility index (Phi) is 6.53. The topological polar surface area (TPSA) is 30.5 Å². The van der Waals surface area contributed by atoms with E-state index >= 15 is 0 Å². The Morgan fingerprint density at radius 1 is 1.17 bits per heavy atom. The van der Waals surface area contributed by atoms with Crippen molar-refractivity contribution in [1.29, 1.82) is 0 Å². The van der Waals surface area contributed by atoms with Gasteiger partial charge in [0.15, 0.2) is 11.5 Å². The summed E-state index contributed by atoms with van der Waals surface area (Å²) in [5.41, 5.74) is 3.55. The Morgan fingerprint density at radius 3 is 2.52 bits per heavy atom.